The van der Waals surface area contributed by atoms with Crippen LogP contribution in [0.1, 0.15) is 29.8 Å². The van der Waals surface area contributed by atoms with Crippen LogP contribution in [0.25, 0.3) is 11.2 Å². The van der Waals surface area contributed by atoms with Gasteiger partial charge in [0.05, 0.1) is 43.3 Å². The molecule has 45 heavy (non-hydrogen) atoms. The van der Waals surface area contributed by atoms with Crippen molar-refractivity contribution in [2.75, 3.05) is 18.9 Å². The van der Waals surface area contributed by atoms with Crippen LogP contribution in [0, 0.1) is 0 Å². The highest BCUT2D eigenvalue weighted by Crippen LogP contribution is 2.60. The Kier molecular flexibility index (Phi) is 8.29. The molecular formula is C21H26FN9O9P2S3. The summed E-state index contributed by atoms with van der Waals surface area (Å²) >= 11 is 10.4. The third kappa shape index (κ3) is 5.83. The molecule has 7 rings (SSSR count). The molecule has 0 radical (unpaired) electrons. The lowest BCUT2D eigenvalue weighted by atomic mass is 10.1. The van der Waals surface area contributed by atoms with E-state index in [0.717, 1.165) is 11.8 Å². The summed E-state index contributed by atoms with van der Waals surface area (Å²) in [7, 11) is 0. The summed E-state index contributed by atoms with van der Waals surface area (Å²) < 4.78 is 60.8. The number of nitrogens with two attached hydrogens (primary N) is 2. The maximum atomic E-state index is 16.1. The van der Waals surface area contributed by atoms with Crippen LogP contribution in [0.3, 0.4) is 0 Å². The van der Waals surface area contributed by atoms with Gasteiger partial charge < -0.3 is 30.7 Å². The van der Waals surface area contributed by atoms with Crippen LogP contribution < -0.4 is 17.0 Å². The fourth-order valence-electron chi connectivity index (χ4n) is 5.52. The number of halogens is 1. The number of alkyl halides is 1. The Bertz CT molecular complexity index is 1830. The van der Waals surface area contributed by atoms with Crippen molar-refractivity contribution in [2.24, 2.45) is 10.7 Å². The Balaban J connectivity index is 1.20. The monoisotopic (exact) mass is 725 g/mol. The number of fused-ring (bicyclic) bond motifs is 5. The highest BCUT2D eigenvalue weighted by Gasteiger charge is 2.53. The molecule has 0 aliphatic carbocycles. The highest BCUT2D eigenvalue weighted by molar-refractivity contribution is 8.44. The minimum Gasteiger partial charge on any atom is -0.389 e. The third-order valence-electron chi connectivity index (χ3n) is 7.61. The first kappa shape index (κ1) is 31.8. The van der Waals surface area contributed by atoms with Gasteiger partial charge in [-0.05, 0) is 11.8 Å². The van der Waals surface area contributed by atoms with E-state index in [0.29, 0.717) is 12.1 Å². The molecule has 0 amide bonds. The van der Waals surface area contributed by atoms with Crippen LogP contribution in [0.2, 0.25) is 0 Å². The number of nitrogens with one attached hydrogen (secondary N) is 1. The smallest absolute Gasteiger partial charge is 0.386 e. The number of hydrogen-bond donors (Lipinski definition) is 6. The van der Waals surface area contributed by atoms with Gasteiger partial charge in [-0.1, -0.05) is 12.2 Å². The molecule has 11 atom stereocenters. The normalized spacial score (nSPS) is 40.4. The van der Waals surface area contributed by atoms with Crippen molar-refractivity contribution in [2.45, 2.75) is 59.9 Å². The lowest BCUT2D eigenvalue weighted by Crippen LogP contribution is -2.35. The quantitative estimate of drug-likeness (QED) is 0.159. The largest absolute Gasteiger partial charge is 0.389 e. The lowest BCUT2D eigenvalue weighted by molar-refractivity contribution is -0.0439. The van der Waals surface area contributed by atoms with Crippen molar-refractivity contribution in [1.82, 2.24) is 29.1 Å². The van der Waals surface area contributed by atoms with Crippen molar-refractivity contribution in [3.8, 4) is 0 Å². The van der Waals surface area contributed by atoms with Gasteiger partial charge in [0.1, 0.15) is 29.4 Å². The molecule has 18 nitrogen and oxygen atoms in total. The van der Waals surface area contributed by atoms with E-state index in [-0.39, 0.29) is 22.9 Å². The number of anilines is 1. The van der Waals surface area contributed by atoms with Gasteiger partial charge in [-0.3, -0.25) is 32.5 Å². The molecule has 3 fully saturated rings. The number of aliphatic hydroxyl groups is 1. The van der Waals surface area contributed by atoms with Gasteiger partial charge in [-0.25, -0.2) is 23.9 Å². The van der Waals surface area contributed by atoms with Crippen LogP contribution >= 0.6 is 37.5 Å². The summed E-state index contributed by atoms with van der Waals surface area (Å²) in [6.07, 6.45) is -4.20. The number of aliphatic imine (C=N–C) groups is 1. The van der Waals surface area contributed by atoms with E-state index in [1.54, 1.807) is 6.21 Å². The van der Waals surface area contributed by atoms with Crippen molar-refractivity contribution >= 4 is 78.5 Å². The van der Waals surface area contributed by atoms with E-state index < -0.39 is 85.8 Å². The SMILES string of the molecule is Nc1nc2c(ncn2[C@@H]2S[C@@H]3COP(O)(=S)O[C@H]4[C@H](F)[C@H](n5cnc6c5N=CCC6N)O[C@@H]4COP(=O)(S)O[C@@H]2[C@@H]3O)c(=O)[nH]1. The molecule has 4 aliphatic rings. The fraction of sp³-hybridized carbons (Fsp3) is 0.571. The number of thioether (sulfide) groups is 1. The van der Waals surface area contributed by atoms with Crippen LogP contribution in [0.5, 0.6) is 0 Å². The van der Waals surface area contributed by atoms with Crippen molar-refractivity contribution in [1.29, 1.82) is 0 Å². The van der Waals surface area contributed by atoms with Gasteiger partial charge in [-0.15, -0.1) is 11.8 Å². The van der Waals surface area contributed by atoms with Gasteiger partial charge in [0.15, 0.2) is 29.4 Å². The summed E-state index contributed by atoms with van der Waals surface area (Å²) in [6.45, 7) is -9.49. The Morgan fingerprint density at radius 1 is 1.20 bits per heavy atom. The molecular weight excluding hydrogens is 699 g/mol. The molecule has 2 bridgehead atoms. The summed E-state index contributed by atoms with van der Waals surface area (Å²) in [4.78, 5) is 42.5. The lowest BCUT2D eigenvalue weighted by Gasteiger charge is -2.27. The van der Waals surface area contributed by atoms with Crippen LogP contribution in [0.15, 0.2) is 22.4 Å². The second-order valence-corrected chi connectivity index (χ2v) is 17.6. The van der Waals surface area contributed by atoms with Gasteiger partial charge >= 0.3 is 13.5 Å². The van der Waals surface area contributed by atoms with Gasteiger partial charge in [0.2, 0.25) is 5.95 Å². The zero-order valence-electron chi connectivity index (χ0n) is 22.7. The molecule has 3 saturated heterocycles. The van der Waals surface area contributed by atoms with Crippen LogP contribution in [0.4, 0.5) is 16.2 Å². The number of nitrogen functional groups attached to an aromatic ring is 1. The number of aliphatic hydroxyl groups excluding tert-OH is 1. The van der Waals surface area contributed by atoms with E-state index in [2.05, 4.69) is 37.2 Å². The average molecular weight is 726 g/mol. The molecule has 7 heterocycles. The number of rotatable bonds is 2. The molecule has 4 aliphatic heterocycles. The molecule has 0 saturated carbocycles. The maximum absolute atomic E-state index is 16.1. The molecule has 0 aromatic carbocycles. The number of aromatic amines is 1. The molecule has 7 N–H and O–H groups in total. The summed E-state index contributed by atoms with van der Waals surface area (Å²) in [5.41, 5.74) is 11.7. The number of ether oxygens (including phenoxy) is 1. The fourth-order valence-corrected chi connectivity index (χ4v) is 10.1. The Labute approximate surface area is 267 Å². The van der Waals surface area contributed by atoms with E-state index in [1.165, 1.54) is 21.8 Å². The minimum atomic E-state index is -4.33. The minimum absolute atomic E-state index is 0.0386. The number of thiol groups is 1. The predicted molar refractivity (Wildman–Crippen MR) is 164 cm³/mol. The number of nitrogens with zero attached hydrogens (tertiary/aromatic N) is 6. The Hall–Kier alpha value is -1.78. The topological polar surface area (TPSA) is 249 Å². The molecule has 0 spiro atoms. The van der Waals surface area contributed by atoms with Gasteiger partial charge in [0, 0.05) is 12.6 Å². The van der Waals surface area contributed by atoms with E-state index in [9.17, 15) is 19.4 Å². The van der Waals surface area contributed by atoms with E-state index in [1.807, 2.05) is 0 Å². The zero-order chi connectivity index (χ0) is 31.8. The van der Waals surface area contributed by atoms with E-state index >= 15 is 4.39 Å². The molecule has 24 heteroatoms. The molecule has 3 aromatic rings. The zero-order valence-corrected chi connectivity index (χ0v) is 27.0. The predicted octanol–water partition coefficient (Wildman–Crippen LogP) is 0.987. The molecule has 3 unspecified atom stereocenters. The first-order valence-corrected chi connectivity index (χ1v) is 19.6. The Morgan fingerprint density at radius 2 is 1.98 bits per heavy atom. The second-order valence-electron chi connectivity index (χ2n) is 10.5. The first-order valence-electron chi connectivity index (χ1n) is 13.3. The molecule has 3 aromatic heterocycles. The summed E-state index contributed by atoms with van der Waals surface area (Å²) in [5.74, 6) is 0.109. The number of imidazole rings is 2. The number of aromatic nitrogens is 6. The van der Waals surface area contributed by atoms with Crippen LogP contribution in [-0.4, -0.2) is 94.3 Å². The summed E-state index contributed by atoms with van der Waals surface area (Å²) in [6, 6.07) is -0.444. The van der Waals surface area contributed by atoms with Crippen molar-refractivity contribution in [3.63, 3.8) is 0 Å². The molecule has 244 valence electrons. The van der Waals surface area contributed by atoms with Gasteiger partial charge in [0.25, 0.3) is 5.56 Å². The van der Waals surface area contributed by atoms with Crippen molar-refractivity contribution in [3.05, 3.63) is 28.7 Å². The maximum Gasteiger partial charge on any atom is 0.386 e. The second kappa shape index (κ2) is 11.7. The summed E-state index contributed by atoms with van der Waals surface area (Å²) in [5, 5.41) is 9.46. The standard InChI is InChI=1S/C21H26FN9O9P2S3/c22-10-14-8(38-19(10)30-5-26-11-7(23)1-2-25-16(11)30)3-36-41(34,43)40-15-13(32)9(4-37-42(35,44)39-14)45-20(15)31-6-27-12-17(31)28-21(24)29-18(12)33/h2,5-10,13-15,19-20,32H,1,3-4,23H2,(H,34,43)(H,35,44)(H3,24,28,29,33)/t7?,8-,9-,10+,13-,14-,15-,19-,20-,41?,42?/m1/s1. The highest BCUT2D eigenvalue weighted by atomic mass is 32.7. The van der Waals surface area contributed by atoms with Crippen molar-refractivity contribution < 1.29 is 41.8 Å². The van der Waals surface area contributed by atoms with Crippen LogP contribution in [-0.2, 0) is 39.2 Å². The van der Waals surface area contributed by atoms with E-state index in [4.69, 9.17) is 46.1 Å². The average Bonchev–Trinajstić information content (AvgIpc) is 3.72. The Morgan fingerprint density at radius 3 is 2.78 bits per heavy atom. The third-order valence-corrected chi connectivity index (χ3v) is 12.3. The number of hydrogen-bond acceptors (Lipinski definition) is 16. The van der Waals surface area contributed by atoms with Gasteiger partial charge in [-0.2, -0.15) is 4.98 Å². The first-order chi connectivity index (χ1) is 21.3. The number of H-pyrrole nitrogens is 1.